The summed E-state index contributed by atoms with van der Waals surface area (Å²) in [6.45, 7) is 13.7. The van der Waals surface area contributed by atoms with Gasteiger partial charge in [0.15, 0.2) is 0 Å². The third kappa shape index (κ3) is 2.88. The lowest BCUT2D eigenvalue weighted by Gasteiger charge is -2.32. The van der Waals surface area contributed by atoms with E-state index in [1.807, 2.05) is 6.07 Å². The van der Waals surface area contributed by atoms with Crippen molar-refractivity contribution >= 4 is 11.0 Å². The Kier molecular flexibility index (Phi) is 3.55. The first kappa shape index (κ1) is 15.7. The van der Waals surface area contributed by atoms with Crippen LogP contribution in [0.15, 0.2) is 36.4 Å². The highest BCUT2D eigenvalue weighted by molar-refractivity contribution is 5.82. The highest BCUT2D eigenvalue weighted by Crippen LogP contribution is 2.40. The maximum atomic E-state index is 4.23. The number of nitrogens with one attached hydrogen (secondary N) is 1. The molecule has 0 unspecified atom stereocenters. The topological polar surface area (TPSA) is 41.6 Å². The highest BCUT2D eigenvalue weighted by atomic mass is 15.3. The molecule has 1 aromatic heterocycles. The Balaban J connectivity index is 2.30. The number of fused-ring (bicyclic) bond motifs is 1. The smallest absolute Gasteiger partial charge is 0.113 e. The van der Waals surface area contributed by atoms with Crippen molar-refractivity contribution in [1.29, 1.82) is 0 Å². The lowest BCUT2D eigenvalue weighted by atomic mass is 9.72. The molecular weight excluding hydrogens is 282 g/mol. The molecule has 1 heterocycles. The maximum absolute atomic E-state index is 4.23. The highest BCUT2D eigenvalue weighted by Gasteiger charge is 2.27. The summed E-state index contributed by atoms with van der Waals surface area (Å²) in [4.78, 5) is 0. The van der Waals surface area contributed by atoms with Crippen molar-refractivity contribution in [3.63, 3.8) is 0 Å². The summed E-state index contributed by atoms with van der Waals surface area (Å²) in [6.07, 6.45) is 0. The molecule has 0 bridgehead atoms. The summed E-state index contributed by atoms with van der Waals surface area (Å²) in [5.74, 6) is 0. The monoisotopic (exact) mass is 307 g/mol. The number of aromatic nitrogens is 3. The van der Waals surface area contributed by atoms with Crippen molar-refractivity contribution < 1.29 is 0 Å². The van der Waals surface area contributed by atoms with Gasteiger partial charge in [0, 0.05) is 0 Å². The van der Waals surface area contributed by atoms with E-state index in [-0.39, 0.29) is 10.8 Å². The zero-order valence-corrected chi connectivity index (χ0v) is 14.9. The van der Waals surface area contributed by atoms with E-state index in [9.17, 15) is 0 Å². The largest absolute Gasteiger partial charge is 0.197 e. The first-order valence-corrected chi connectivity index (χ1v) is 8.13. The summed E-state index contributed by atoms with van der Waals surface area (Å²) in [5.41, 5.74) is 7.28. The zero-order chi connectivity index (χ0) is 16.8. The second-order valence-corrected chi connectivity index (χ2v) is 8.26. The Labute approximate surface area is 138 Å². The van der Waals surface area contributed by atoms with Crippen LogP contribution in [0.25, 0.3) is 22.2 Å². The van der Waals surface area contributed by atoms with Crippen LogP contribution in [-0.4, -0.2) is 15.4 Å². The van der Waals surface area contributed by atoms with Gasteiger partial charge >= 0.3 is 0 Å². The SMILES string of the molecule is CC(C)(C)c1cccc(-c2ccc3n[nH]nc3c2)c1C(C)(C)C. The number of hydrogen-bond acceptors (Lipinski definition) is 2. The fraction of sp³-hybridized carbons (Fsp3) is 0.400. The van der Waals surface area contributed by atoms with Crippen LogP contribution in [0, 0.1) is 0 Å². The molecule has 3 nitrogen and oxygen atoms in total. The molecule has 2 aromatic carbocycles. The fourth-order valence-corrected chi connectivity index (χ4v) is 3.23. The minimum absolute atomic E-state index is 0.0674. The Bertz CT molecular complexity index is 845. The van der Waals surface area contributed by atoms with Crippen molar-refractivity contribution in [1.82, 2.24) is 15.4 Å². The van der Waals surface area contributed by atoms with E-state index in [2.05, 4.69) is 87.3 Å². The summed E-state index contributed by atoms with van der Waals surface area (Å²) in [5, 5.41) is 11.1. The van der Waals surface area contributed by atoms with Gasteiger partial charge in [-0.05, 0) is 45.2 Å². The summed E-state index contributed by atoms with van der Waals surface area (Å²) in [6, 6.07) is 12.9. The van der Waals surface area contributed by atoms with Gasteiger partial charge in [-0.1, -0.05) is 65.8 Å². The van der Waals surface area contributed by atoms with Crippen molar-refractivity contribution in [2.75, 3.05) is 0 Å². The van der Waals surface area contributed by atoms with E-state index in [0.29, 0.717) is 0 Å². The Morgan fingerprint density at radius 2 is 1.48 bits per heavy atom. The molecule has 0 atom stereocenters. The molecule has 0 aliphatic heterocycles. The number of rotatable bonds is 1. The molecular formula is C20H25N3. The van der Waals surface area contributed by atoms with E-state index in [4.69, 9.17) is 0 Å². The first-order valence-electron chi connectivity index (χ1n) is 8.13. The molecule has 23 heavy (non-hydrogen) atoms. The molecule has 0 saturated carbocycles. The molecule has 0 aliphatic carbocycles. The van der Waals surface area contributed by atoms with Gasteiger partial charge in [-0.2, -0.15) is 15.4 Å². The van der Waals surface area contributed by atoms with Crippen LogP contribution < -0.4 is 0 Å². The van der Waals surface area contributed by atoms with Crippen molar-refractivity contribution in [3.8, 4) is 11.1 Å². The van der Waals surface area contributed by atoms with Crippen LogP contribution in [0.2, 0.25) is 0 Å². The second-order valence-electron chi connectivity index (χ2n) is 8.26. The number of hydrogen-bond donors (Lipinski definition) is 1. The predicted molar refractivity (Wildman–Crippen MR) is 96.7 cm³/mol. The molecule has 1 N–H and O–H groups in total. The standard InChI is InChI=1S/C20H25N3/c1-19(2,3)15-9-7-8-14(18(15)20(4,5)6)13-10-11-16-17(12-13)22-23-21-16/h7-12H,1-6H3,(H,21,22,23). The number of aromatic amines is 1. The molecule has 0 spiro atoms. The predicted octanol–water partition coefficient (Wildman–Crippen LogP) is 5.22. The number of nitrogens with zero attached hydrogens (tertiary/aromatic N) is 2. The Hall–Kier alpha value is -2.16. The lowest BCUT2D eigenvalue weighted by Crippen LogP contribution is -2.23. The minimum Gasteiger partial charge on any atom is -0.197 e. The van der Waals surface area contributed by atoms with E-state index in [1.54, 1.807) is 0 Å². The minimum atomic E-state index is 0.0674. The molecule has 3 heteroatoms. The first-order chi connectivity index (χ1) is 10.7. The molecule has 3 aromatic rings. The summed E-state index contributed by atoms with van der Waals surface area (Å²) in [7, 11) is 0. The third-order valence-corrected chi connectivity index (χ3v) is 4.25. The van der Waals surface area contributed by atoms with E-state index >= 15 is 0 Å². The van der Waals surface area contributed by atoms with Gasteiger partial charge in [0.05, 0.1) is 0 Å². The van der Waals surface area contributed by atoms with Crippen LogP contribution in [-0.2, 0) is 10.8 Å². The molecule has 0 amide bonds. The van der Waals surface area contributed by atoms with Crippen molar-refractivity contribution in [2.45, 2.75) is 52.4 Å². The molecule has 0 radical (unpaired) electrons. The van der Waals surface area contributed by atoms with Gasteiger partial charge in [0.25, 0.3) is 0 Å². The molecule has 0 aliphatic rings. The van der Waals surface area contributed by atoms with Crippen LogP contribution in [0.5, 0.6) is 0 Å². The van der Waals surface area contributed by atoms with Crippen LogP contribution in [0.4, 0.5) is 0 Å². The van der Waals surface area contributed by atoms with Gasteiger partial charge in [-0.3, -0.25) is 0 Å². The van der Waals surface area contributed by atoms with E-state index in [0.717, 1.165) is 11.0 Å². The van der Waals surface area contributed by atoms with Gasteiger partial charge in [0.2, 0.25) is 0 Å². The Morgan fingerprint density at radius 3 is 2.13 bits per heavy atom. The average Bonchev–Trinajstić information content (AvgIpc) is 2.92. The quantitative estimate of drug-likeness (QED) is 0.669. The summed E-state index contributed by atoms with van der Waals surface area (Å²) < 4.78 is 0. The van der Waals surface area contributed by atoms with Gasteiger partial charge < -0.3 is 0 Å². The normalized spacial score (nSPS) is 12.8. The maximum Gasteiger partial charge on any atom is 0.113 e. The third-order valence-electron chi connectivity index (χ3n) is 4.25. The zero-order valence-electron chi connectivity index (χ0n) is 14.9. The molecule has 0 fully saturated rings. The Morgan fingerprint density at radius 1 is 0.783 bits per heavy atom. The van der Waals surface area contributed by atoms with Crippen molar-refractivity contribution in [2.24, 2.45) is 0 Å². The van der Waals surface area contributed by atoms with Crippen molar-refractivity contribution in [3.05, 3.63) is 47.5 Å². The van der Waals surface area contributed by atoms with E-state index in [1.165, 1.54) is 22.3 Å². The van der Waals surface area contributed by atoms with Crippen LogP contribution >= 0.6 is 0 Å². The number of benzene rings is 2. The molecule has 0 saturated heterocycles. The van der Waals surface area contributed by atoms with Gasteiger partial charge in [0.1, 0.15) is 11.0 Å². The van der Waals surface area contributed by atoms with Gasteiger partial charge in [-0.15, -0.1) is 0 Å². The molecule has 120 valence electrons. The fourth-order valence-electron chi connectivity index (χ4n) is 3.23. The average molecular weight is 307 g/mol. The summed E-state index contributed by atoms with van der Waals surface area (Å²) >= 11 is 0. The van der Waals surface area contributed by atoms with Crippen LogP contribution in [0.3, 0.4) is 0 Å². The van der Waals surface area contributed by atoms with E-state index < -0.39 is 0 Å². The van der Waals surface area contributed by atoms with Crippen LogP contribution in [0.1, 0.15) is 52.7 Å². The number of H-pyrrole nitrogens is 1. The van der Waals surface area contributed by atoms with Gasteiger partial charge in [-0.25, -0.2) is 0 Å². The lowest BCUT2D eigenvalue weighted by molar-refractivity contribution is 0.531. The molecule has 3 rings (SSSR count). The second kappa shape index (κ2) is 5.19.